The third-order valence-corrected chi connectivity index (χ3v) is 4.04. The van der Waals surface area contributed by atoms with Gasteiger partial charge in [0.05, 0.1) is 5.56 Å². The largest absolute Gasteiger partial charge is 0.416 e. The van der Waals surface area contributed by atoms with E-state index >= 15 is 0 Å². The van der Waals surface area contributed by atoms with Gasteiger partial charge in [-0.2, -0.15) is 13.2 Å². The Balaban J connectivity index is 1.96. The summed E-state index contributed by atoms with van der Waals surface area (Å²) in [5, 5.41) is 3.48. The molecular formula is C17H24F3N. The van der Waals surface area contributed by atoms with E-state index in [4.69, 9.17) is 0 Å². The predicted molar refractivity (Wildman–Crippen MR) is 79.2 cm³/mol. The molecule has 1 unspecified atom stereocenters. The zero-order valence-corrected chi connectivity index (χ0v) is 12.5. The Morgan fingerprint density at radius 3 is 2.67 bits per heavy atom. The van der Waals surface area contributed by atoms with Crippen LogP contribution in [0, 0.1) is 5.92 Å². The third-order valence-electron chi connectivity index (χ3n) is 4.04. The molecule has 0 radical (unpaired) electrons. The molecule has 2 rings (SSSR count). The number of hydrogen-bond donors (Lipinski definition) is 1. The van der Waals surface area contributed by atoms with Crippen LogP contribution in [-0.2, 0) is 12.6 Å². The first-order chi connectivity index (χ1) is 9.99. The van der Waals surface area contributed by atoms with Crippen LogP contribution in [0.3, 0.4) is 0 Å². The molecule has 0 amide bonds. The highest BCUT2D eigenvalue weighted by Crippen LogP contribution is 2.34. The minimum Gasteiger partial charge on any atom is -0.314 e. The van der Waals surface area contributed by atoms with Gasteiger partial charge in [-0.15, -0.1) is 0 Å². The van der Waals surface area contributed by atoms with Crippen LogP contribution in [0.5, 0.6) is 0 Å². The normalized spacial score (nSPS) is 17.0. The van der Waals surface area contributed by atoms with E-state index in [-0.39, 0.29) is 6.04 Å². The van der Waals surface area contributed by atoms with Crippen molar-refractivity contribution in [3.63, 3.8) is 0 Å². The number of alkyl halides is 3. The molecular weight excluding hydrogens is 275 g/mol. The molecule has 1 atom stereocenters. The summed E-state index contributed by atoms with van der Waals surface area (Å²) in [5.41, 5.74) is 0.227. The summed E-state index contributed by atoms with van der Waals surface area (Å²) < 4.78 is 38.3. The minimum atomic E-state index is -4.25. The summed E-state index contributed by atoms with van der Waals surface area (Å²) in [6, 6.07) is 6.03. The SMILES string of the molecule is CCCNC(CCC1CC1)Cc1cccc(C(F)(F)F)c1. The topological polar surface area (TPSA) is 12.0 Å². The quantitative estimate of drug-likeness (QED) is 0.726. The lowest BCUT2D eigenvalue weighted by molar-refractivity contribution is -0.137. The van der Waals surface area contributed by atoms with Crippen LogP contribution in [0.15, 0.2) is 24.3 Å². The van der Waals surface area contributed by atoms with Crippen molar-refractivity contribution in [1.29, 1.82) is 0 Å². The van der Waals surface area contributed by atoms with Crippen LogP contribution in [-0.4, -0.2) is 12.6 Å². The van der Waals surface area contributed by atoms with Crippen molar-refractivity contribution >= 4 is 0 Å². The van der Waals surface area contributed by atoms with Crippen molar-refractivity contribution in [3.05, 3.63) is 35.4 Å². The molecule has 1 N–H and O–H groups in total. The Bertz CT molecular complexity index is 438. The summed E-state index contributed by atoms with van der Waals surface area (Å²) in [4.78, 5) is 0. The molecule has 1 aliphatic rings. The fourth-order valence-electron chi connectivity index (χ4n) is 2.63. The van der Waals surface area contributed by atoms with Gasteiger partial charge in [0.15, 0.2) is 0 Å². The zero-order valence-electron chi connectivity index (χ0n) is 12.5. The van der Waals surface area contributed by atoms with E-state index in [0.29, 0.717) is 6.42 Å². The summed E-state index contributed by atoms with van der Waals surface area (Å²) in [5.74, 6) is 0.859. The summed E-state index contributed by atoms with van der Waals surface area (Å²) in [7, 11) is 0. The molecule has 1 aromatic carbocycles. The van der Waals surface area contributed by atoms with Crippen LogP contribution >= 0.6 is 0 Å². The van der Waals surface area contributed by atoms with Gasteiger partial charge in [-0.1, -0.05) is 38.0 Å². The zero-order chi connectivity index (χ0) is 15.3. The predicted octanol–water partition coefficient (Wildman–Crippen LogP) is 4.81. The monoisotopic (exact) mass is 299 g/mol. The molecule has 1 nitrogen and oxygen atoms in total. The van der Waals surface area contributed by atoms with Gasteiger partial charge in [-0.25, -0.2) is 0 Å². The maximum absolute atomic E-state index is 12.8. The lowest BCUT2D eigenvalue weighted by atomic mass is 9.98. The average Bonchev–Trinajstić information content (AvgIpc) is 3.25. The molecule has 1 fully saturated rings. The summed E-state index contributed by atoms with van der Waals surface area (Å²) >= 11 is 0. The number of hydrogen-bond acceptors (Lipinski definition) is 1. The molecule has 1 saturated carbocycles. The lowest BCUT2D eigenvalue weighted by Crippen LogP contribution is -2.32. The number of halogens is 3. The Morgan fingerprint density at radius 1 is 1.29 bits per heavy atom. The molecule has 0 bridgehead atoms. The first kappa shape index (κ1) is 16.3. The van der Waals surface area contributed by atoms with Crippen molar-refractivity contribution in [1.82, 2.24) is 5.32 Å². The number of nitrogens with one attached hydrogen (secondary N) is 1. The van der Waals surface area contributed by atoms with E-state index in [1.54, 1.807) is 6.07 Å². The Hall–Kier alpha value is -1.03. The summed E-state index contributed by atoms with van der Waals surface area (Å²) in [6.07, 6.45) is 2.37. The van der Waals surface area contributed by atoms with Gasteiger partial charge in [0.2, 0.25) is 0 Å². The molecule has 0 aliphatic heterocycles. The molecule has 1 aromatic rings. The first-order valence-corrected chi connectivity index (χ1v) is 7.88. The molecule has 0 spiro atoms. The Morgan fingerprint density at radius 2 is 2.05 bits per heavy atom. The van der Waals surface area contributed by atoms with Gasteiger partial charge in [-0.3, -0.25) is 0 Å². The van der Waals surface area contributed by atoms with Gasteiger partial charge in [0.1, 0.15) is 0 Å². The fraction of sp³-hybridized carbons (Fsp3) is 0.647. The highest BCUT2D eigenvalue weighted by molar-refractivity contribution is 5.26. The summed E-state index contributed by atoms with van der Waals surface area (Å²) in [6.45, 7) is 3.03. The van der Waals surface area contributed by atoms with E-state index < -0.39 is 11.7 Å². The van der Waals surface area contributed by atoms with Crippen molar-refractivity contribution in [2.75, 3.05) is 6.54 Å². The van der Waals surface area contributed by atoms with E-state index in [0.717, 1.165) is 36.9 Å². The second kappa shape index (κ2) is 7.30. The van der Waals surface area contributed by atoms with E-state index in [1.807, 2.05) is 0 Å². The molecule has 118 valence electrons. The van der Waals surface area contributed by atoms with Crippen molar-refractivity contribution in [2.45, 2.75) is 57.7 Å². The fourth-order valence-corrected chi connectivity index (χ4v) is 2.63. The van der Waals surface area contributed by atoms with Crippen LogP contribution in [0.2, 0.25) is 0 Å². The van der Waals surface area contributed by atoms with Crippen molar-refractivity contribution in [3.8, 4) is 0 Å². The highest BCUT2D eigenvalue weighted by Gasteiger charge is 2.30. The second-order valence-electron chi connectivity index (χ2n) is 6.07. The van der Waals surface area contributed by atoms with E-state index in [2.05, 4.69) is 12.2 Å². The van der Waals surface area contributed by atoms with Crippen LogP contribution < -0.4 is 5.32 Å². The van der Waals surface area contributed by atoms with Crippen LogP contribution in [0.25, 0.3) is 0 Å². The van der Waals surface area contributed by atoms with Gasteiger partial charge >= 0.3 is 6.18 Å². The van der Waals surface area contributed by atoms with E-state index in [1.165, 1.54) is 31.4 Å². The van der Waals surface area contributed by atoms with Crippen molar-refractivity contribution in [2.24, 2.45) is 5.92 Å². The van der Waals surface area contributed by atoms with Gasteiger partial charge in [0, 0.05) is 6.04 Å². The minimum absolute atomic E-state index is 0.286. The molecule has 0 aromatic heterocycles. The van der Waals surface area contributed by atoms with Crippen molar-refractivity contribution < 1.29 is 13.2 Å². The smallest absolute Gasteiger partial charge is 0.314 e. The highest BCUT2D eigenvalue weighted by atomic mass is 19.4. The number of benzene rings is 1. The van der Waals surface area contributed by atoms with Gasteiger partial charge in [0.25, 0.3) is 0 Å². The standard InChI is InChI=1S/C17H24F3N/c1-2-10-21-16(9-8-13-6-7-13)12-14-4-3-5-15(11-14)17(18,19)20/h3-5,11,13,16,21H,2,6-10,12H2,1H3. The lowest BCUT2D eigenvalue weighted by Gasteiger charge is -2.19. The molecule has 1 aliphatic carbocycles. The van der Waals surface area contributed by atoms with Gasteiger partial charge in [-0.05, 0) is 49.8 Å². The van der Waals surface area contributed by atoms with Crippen LogP contribution in [0.1, 0.15) is 50.2 Å². The first-order valence-electron chi connectivity index (χ1n) is 7.88. The van der Waals surface area contributed by atoms with E-state index in [9.17, 15) is 13.2 Å². The maximum atomic E-state index is 12.8. The molecule has 0 heterocycles. The number of rotatable bonds is 8. The average molecular weight is 299 g/mol. The third kappa shape index (κ3) is 5.70. The molecule has 21 heavy (non-hydrogen) atoms. The molecule has 4 heteroatoms. The molecule has 0 saturated heterocycles. The Labute approximate surface area is 124 Å². The maximum Gasteiger partial charge on any atom is 0.416 e. The Kier molecular flexibility index (Phi) is 5.68. The second-order valence-corrected chi connectivity index (χ2v) is 6.07. The van der Waals surface area contributed by atoms with Crippen LogP contribution in [0.4, 0.5) is 13.2 Å². The van der Waals surface area contributed by atoms with Gasteiger partial charge < -0.3 is 5.32 Å².